The number of ketones is 2. The lowest BCUT2D eigenvalue weighted by Crippen LogP contribution is -2.20. The van der Waals surface area contributed by atoms with Gasteiger partial charge in [0, 0.05) is 22.3 Å². The predicted molar refractivity (Wildman–Crippen MR) is 66.2 cm³/mol. The first-order chi connectivity index (χ1) is 8.58. The van der Waals surface area contributed by atoms with Crippen LogP contribution in [0.5, 0.6) is 5.75 Å². The predicted octanol–water partition coefficient (Wildman–Crippen LogP) is 2.48. The number of phenolic OH excluding ortho intramolecular Hbond substituents is 1. The van der Waals surface area contributed by atoms with Crippen LogP contribution in [0.15, 0.2) is 36.4 Å². The van der Waals surface area contributed by atoms with Crippen LogP contribution >= 0.6 is 0 Å². The Morgan fingerprint density at radius 2 is 1.33 bits per heavy atom. The third-order valence-electron chi connectivity index (χ3n) is 3.16. The van der Waals surface area contributed by atoms with E-state index in [0.717, 1.165) is 5.56 Å². The molecule has 0 spiro atoms. The molecule has 1 aliphatic rings. The highest BCUT2D eigenvalue weighted by atomic mass is 16.3. The van der Waals surface area contributed by atoms with Gasteiger partial charge in [-0.05, 0) is 31.2 Å². The number of rotatable bonds is 0. The molecule has 2 aromatic rings. The molecular weight excluding hydrogens is 228 g/mol. The Morgan fingerprint density at radius 1 is 0.778 bits per heavy atom. The normalized spacial score (nSPS) is 13.2. The van der Waals surface area contributed by atoms with Crippen LogP contribution in [0.4, 0.5) is 0 Å². The molecule has 1 N–H and O–H groups in total. The summed E-state index contributed by atoms with van der Waals surface area (Å²) in [5.74, 6) is -0.385. The van der Waals surface area contributed by atoms with E-state index >= 15 is 0 Å². The van der Waals surface area contributed by atoms with Crippen molar-refractivity contribution in [2.75, 3.05) is 0 Å². The number of carbonyl (C=O) groups is 2. The molecule has 0 unspecified atom stereocenters. The maximum absolute atomic E-state index is 12.3. The number of phenols is 1. The van der Waals surface area contributed by atoms with E-state index in [1.807, 2.05) is 6.92 Å². The number of benzene rings is 2. The highest BCUT2D eigenvalue weighted by molar-refractivity contribution is 6.28. The van der Waals surface area contributed by atoms with Crippen LogP contribution in [0.3, 0.4) is 0 Å². The van der Waals surface area contributed by atoms with Gasteiger partial charge >= 0.3 is 0 Å². The standard InChI is InChI=1S/C15H10O3/c1-8-2-4-10-12(6-8)14(17)11-5-3-9(16)7-13(11)15(10)18/h2-7,16H,1H3. The van der Waals surface area contributed by atoms with E-state index in [0.29, 0.717) is 16.7 Å². The van der Waals surface area contributed by atoms with E-state index in [9.17, 15) is 14.7 Å². The van der Waals surface area contributed by atoms with Gasteiger partial charge < -0.3 is 5.11 Å². The summed E-state index contributed by atoms with van der Waals surface area (Å²) in [6, 6.07) is 9.46. The highest BCUT2D eigenvalue weighted by Gasteiger charge is 2.29. The first-order valence-corrected chi connectivity index (χ1v) is 5.61. The van der Waals surface area contributed by atoms with Crippen LogP contribution in [-0.4, -0.2) is 16.7 Å². The van der Waals surface area contributed by atoms with E-state index in [1.165, 1.54) is 18.2 Å². The smallest absolute Gasteiger partial charge is 0.194 e. The molecule has 0 radical (unpaired) electrons. The van der Waals surface area contributed by atoms with Crippen LogP contribution in [0, 0.1) is 6.92 Å². The lowest BCUT2D eigenvalue weighted by atomic mass is 9.83. The van der Waals surface area contributed by atoms with E-state index < -0.39 is 0 Å². The summed E-state index contributed by atoms with van der Waals surface area (Å²) in [6.07, 6.45) is 0. The van der Waals surface area contributed by atoms with Crippen molar-refractivity contribution in [1.29, 1.82) is 0 Å². The van der Waals surface area contributed by atoms with Crippen LogP contribution in [0.2, 0.25) is 0 Å². The van der Waals surface area contributed by atoms with Crippen LogP contribution < -0.4 is 0 Å². The average molecular weight is 238 g/mol. The molecule has 3 rings (SSSR count). The molecule has 0 aliphatic heterocycles. The Balaban J connectivity index is 2.31. The lowest BCUT2D eigenvalue weighted by Gasteiger charge is -2.17. The summed E-state index contributed by atoms with van der Waals surface area (Å²) in [7, 11) is 0. The van der Waals surface area contributed by atoms with E-state index in [4.69, 9.17) is 0 Å². The molecule has 3 heteroatoms. The van der Waals surface area contributed by atoms with Gasteiger partial charge in [0.05, 0.1) is 0 Å². The lowest BCUT2D eigenvalue weighted by molar-refractivity contribution is 0.0979. The van der Waals surface area contributed by atoms with Crippen molar-refractivity contribution >= 4 is 11.6 Å². The summed E-state index contributed by atoms with van der Waals surface area (Å²) in [4.78, 5) is 24.5. The van der Waals surface area contributed by atoms with Gasteiger partial charge in [0.25, 0.3) is 0 Å². The molecule has 0 saturated heterocycles. The molecule has 0 amide bonds. The molecule has 0 fully saturated rings. The molecule has 0 heterocycles. The molecule has 2 aromatic carbocycles. The number of hydrogen-bond donors (Lipinski definition) is 1. The Bertz CT molecular complexity index is 637. The zero-order valence-corrected chi connectivity index (χ0v) is 9.73. The van der Waals surface area contributed by atoms with Crippen molar-refractivity contribution in [1.82, 2.24) is 0 Å². The minimum Gasteiger partial charge on any atom is -0.508 e. The Morgan fingerprint density at radius 3 is 2.00 bits per heavy atom. The van der Waals surface area contributed by atoms with Crippen LogP contribution in [-0.2, 0) is 0 Å². The molecule has 0 atom stereocenters. The zero-order valence-electron chi connectivity index (χ0n) is 9.73. The minimum absolute atomic E-state index is 0.00883. The van der Waals surface area contributed by atoms with E-state index in [-0.39, 0.29) is 22.9 Å². The molecule has 0 aromatic heterocycles. The van der Waals surface area contributed by atoms with Crippen molar-refractivity contribution in [2.45, 2.75) is 6.92 Å². The number of fused-ring (bicyclic) bond motifs is 2. The molecule has 0 bridgehead atoms. The molecule has 0 saturated carbocycles. The Kier molecular flexibility index (Phi) is 2.10. The van der Waals surface area contributed by atoms with Gasteiger partial charge in [-0.15, -0.1) is 0 Å². The first-order valence-electron chi connectivity index (χ1n) is 5.61. The summed E-state index contributed by atoms with van der Waals surface area (Å²) in [5.41, 5.74) is 2.42. The topological polar surface area (TPSA) is 54.4 Å². The van der Waals surface area contributed by atoms with Crippen LogP contribution in [0.1, 0.15) is 37.4 Å². The second-order valence-corrected chi connectivity index (χ2v) is 4.44. The van der Waals surface area contributed by atoms with Crippen molar-refractivity contribution in [3.8, 4) is 5.75 Å². The second kappa shape index (κ2) is 3.53. The largest absolute Gasteiger partial charge is 0.508 e. The number of hydrogen-bond acceptors (Lipinski definition) is 3. The fraction of sp³-hybridized carbons (Fsp3) is 0.0667. The van der Waals surface area contributed by atoms with E-state index in [1.54, 1.807) is 18.2 Å². The quantitative estimate of drug-likeness (QED) is 0.654. The molecule has 1 aliphatic carbocycles. The van der Waals surface area contributed by atoms with Crippen LogP contribution in [0.25, 0.3) is 0 Å². The van der Waals surface area contributed by atoms with Gasteiger partial charge in [0.1, 0.15) is 5.75 Å². The number of aromatic hydroxyl groups is 1. The summed E-state index contributed by atoms with van der Waals surface area (Å²) in [6.45, 7) is 1.88. The van der Waals surface area contributed by atoms with Crippen molar-refractivity contribution in [3.05, 3.63) is 64.2 Å². The first kappa shape index (κ1) is 10.7. The molecule has 3 nitrogen and oxygen atoms in total. The zero-order chi connectivity index (χ0) is 12.9. The van der Waals surface area contributed by atoms with Gasteiger partial charge in [0.15, 0.2) is 11.6 Å². The molecule has 18 heavy (non-hydrogen) atoms. The second-order valence-electron chi connectivity index (χ2n) is 4.44. The summed E-state index contributed by atoms with van der Waals surface area (Å²) in [5, 5.41) is 9.42. The number of aryl methyl sites for hydroxylation is 1. The average Bonchev–Trinajstić information content (AvgIpc) is 2.36. The van der Waals surface area contributed by atoms with Gasteiger partial charge in [-0.2, -0.15) is 0 Å². The minimum atomic E-state index is -0.212. The fourth-order valence-electron chi connectivity index (χ4n) is 2.25. The van der Waals surface area contributed by atoms with Gasteiger partial charge in [-0.3, -0.25) is 9.59 Å². The van der Waals surface area contributed by atoms with Gasteiger partial charge in [-0.25, -0.2) is 0 Å². The van der Waals surface area contributed by atoms with E-state index in [2.05, 4.69) is 0 Å². The SMILES string of the molecule is Cc1ccc2c(c1)C(=O)c1ccc(O)cc1C2=O. The third-order valence-corrected chi connectivity index (χ3v) is 3.16. The highest BCUT2D eigenvalue weighted by Crippen LogP contribution is 2.29. The Hall–Kier alpha value is -2.42. The third kappa shape index (κ3) is 1.37. The summed E-state index contributed by atoms with van der Waals surface area (Å²) < 4.78 is 0. The summed E-state index contributed by atoms with van der Waals surface area (Å²) >= 11 is 0. The Labute approximate surface area is 104 Å². The van der Waals surface area contributed by atoms with Gasteiger partial charge in [-0.1, -0.05) is 17.7 Å². The van der Waals surface area contributed by atoms with Crippen molar-refractivity contribution in [3.63, 3.8) is 0 Å². The number of carbonyl (C=O) groups excluding carboxylic acids is 2. The van der Waals surface area contributed by atoms with Crippen molar-refractivity contribution < 1.29 is 14.7 Å². The maximum Gasteiger partial charge on any atom is 0.194 e. The molecule has 88 valence electrons. The fourth-order valence-corrected chi connectivity index (χ4v) is 2.25. The molecular formula is C15H10O3. The van der Waals surface area contributed by atoms with Crippen molar-refractivity contribution in [2.24, 2.45) is 0 Å². The monoisotopic (exact) mass is 238 g/mol. The maximum atomic E-state index is 12.3. The van der Waals surface area contributed by atoms with Gasteiger partial charge in [0.2, 0.25) is 0 Å².